The Balaban J connectivity index is 2.18. The second-order valence-corrected chi connectivity index (χ2v) is 9.37. The van der Waals surface area contributed by atoms with Gasteiger partial charge in [0.05, 0.1) is 20.9 Å². The van der Waals surface area contributed by atoms with Crippen molar-refractivity contribution in [1.82, 2.24) is 0 Å². The van der Waals surface area contributed by atoms with Gasteiger partial charge in [0.1, 0.15) is 0 Å². The Hall–Kier alpha value is -2.24. The summed E-state index contributed by atoms with van der Waals surface area (Å²) in [5, 5.41) is 0. The Labute approximate surface area is 152 Å². The molecule has 3 nitrogen and oxygen atoms in total. The van der Waals surface area contributed by atoms with Gasteiger partial charge < -0.3 is 4.72 Å². The van der Waals surface area contributed by atoms with E-state index in [0.717, 1.165) is 20.9 Å². The zero-order valence-electron chi connectivity index (χ0n) is 14.1. The predicted octanol–water partition coefficient (Wildman–Crippen LogP) is 5.06. The maximum absolute atomic E-state index is 11.7. The molecular weight excluding hydrogens is 350 g/mol. The van der Waals surface area contributed by atoms with Crippen LogP contribution < -0.4 is 0 Å². The lowest BCUT2D eigenvalue weighted by atomic mass is 10.2. The molecule has 0 aliphatic heterocycles. The van der Waals surface area contributed by atoms with Gasteiger partial charge in [0.2, 0.25) is 0 Å². The third-order valence-electron chi connectivity index (χ3n) is 3.58. The fourth-order valence-corrected chi connectivity index (χ4v) is 5.23. The van der Waals surface area contributed by atoms with E-state index in [9.17, 15) is 8.42 Å². The Morgan fingerprint density at radius 1 is 0.760 bits per heavy atom. The van der Waals surface area contributed by atoms with Crippen molar-refractivity contribution in [2.45, 2.75) is 21.6 Å². The third kappa shape index (κ3) is 4.44. The first-order valence-electron chi connectivity index (χ1n) is 7.82. The molecule has 0 radical (unpaired) electrons. The molecule has 128 valence electrons. The minimum atomic E-state index is -3.47. The maximum Gasteiger partial charge on any atom is 0.166 e. The van der Waals surface area contributed by atoms with Crippen LogP contribution in [0.1, 0.15) is 5.56 Å². The van der Waals surface area contributed by atoms with Crippen LogP contribution in [0.2, 0.25) is 0 Å². The predicted molar refractivity (Wildman–Crippen MR) is 104 cm³/mol. The normalized spacial score (nSPS) is 12.6. The van der Waals surface area contributed by atoms with E-state index >= 15 is 0 Å². The standard InChI is InChI=1S/C20H19NO2S2/c1-16-12-14-18(15-13-16)24(17-8-4-3-5-9-17)20-11-7-6-10-19(20)21-25(2,22)23/h3-15H,1-2H3. The van der Waals surface area contributed by atoms with Crippen molar-refractivity contribution in [3.05, 3.63) is 89.1 Å². The Kier molecular flexibility index (Phi) is 5.16. The number of nitrogens with zero attached hydrogens (tertiary/aromatic N) is 1. The molecule has 0 saturated heterocycles. The van der Waals surface area contributed by atoms with Crippen LogP contribution in [0.4, 0.5) is 5.69 Å². The molecule has 0 N–H and O–H groups in total. The van der Waals surface area contributed by atoms with Crippen molar-refractivity contribution in [2.75, 3.05) is 6.26 Å². The van der Waals surface area contributed by atoms with Crippen molar-refractivity contribution >= 4 is 26.6 Å². The molecule has 0 spiro atoms. The zero-order chi connectivity index (χ0) is 17.9. The van der Waals surface area contributed by atoms with Gasteiger partial charge in [-0.25, -0.2) is 8.42 Å². The van der Waals surface area contributed by atoms with Crippen LogP contribution in [0.3, 0.4) is 0 Å². The topological polar surface area (TPSA) is 48.2 Å². The second kappa shape index (κ2) is 7.33. The monoisotopic (exact) mass is 369 g/mol. The van der Waals surface area contributed by atoms with Gasteiger partial charge in [0.25, 0.3) is 0 Å². The molecular formula is C20H19NO2S2. The molecule has 0 fully saturated rings. The van der Waals surface area contributed by atoms with Crippen LogP contribution >= 0.6 is 0 Å². The van der Waals surface area contributed by atoms with E-state index in [-0.39, 0.29) is 0 Å². The molecule has 0 aromatic heterocycles. The molecule has 0 amide bonds. The molecule has 0 saturated carbocycles. The van der Waals surface area contributed by atoms with E-state index in [1.54, 1.807) is 6.07 Å². The van der Waals surface area contributed by atoms with Gasteiger partial charge in [-0.15, -0.1) is 0 Å². The quantitative estimate of drug-likeness (QED) is 0.591. The van der Waals surface area contributed by atoms with E-state index in [0.29, 0.717) is 5.69 Å². The van der Waals surface area contributed by atoms with Gasteiger partial charge in [-0.2, -0.15) is 0 Å². The average molecular weight is 370 g/mol. The van der Waals surface area contributed by atoms with Crippen molar-refractivity contribution in [3.63, 3.8) is 0 Å². The summed E-state index contributed by atoms with van der Waals surface area (Å²) in [4.78, 5) is 3.17. The number of benzene rings is 3. The summed E-state index contributed by atoms with van der Waals surface area (Å²) < 4.78 is 27.4. The van der Waals surface area contributed by atoms with Crippen molar-refractivity contribution in [1.29, 1.82) is 0 Å². The summed E-state index contributed by atoms with van der Waals surface area (Å²) >= 11 is 0. The number of rotatable bonds is 5. The number of aryl methyl sites for hydroxylation is 1. The van der Waals surface area contributed by atoms with E-state index in [4.69, 9.17) is 0 Å². The van der Waals surface area contributed by atoms with Gasteiger partial charge in [-0.05, 0) is 37.3 Å². The summed E-state index contributed by atoms with van der Waals surface area (Å²) in [6.45, 7) is 2.05. The van der Waals surface area contributed by atoms with E-state index in [1.807, 2.05) is 36.4 Å². The highest BCUT2D eigenvalue weighted by molar-refractivity contribution is 7.97. The molecule has 5 heteroatoms. The molecule has 0 aliphatic rings. The highest BCUT2D eigenvalue weighted by Gasteiger charge is 2.29. The fourth-order valence-electron chi connectivity index (χ4n) is 2.50. The maximum atomic E-state index is 11.7. The molecule has 0 aliphatic carbocycles. The summed E-state index contributed by atoms with van der Waals surface area (Å²) in [5.74, 6) is 0. The zero-order valence-corrected chi connectivity index (χ0v) is 15.7. The van der Waals surface area contributed by atoms with Crippen LogP contribution in [-0.4, -0.2) is 14.7 Å². The number of hydrogen-bond acceptors (Lipinski definition) is 2. The lowest BCUT2D eigenvalue weighted by Gasteiger charge is -2.21. The lowest BCUT2D eigenvalue weighted by Crippen LogP contribution is -2.06. The average Bonchev–Trinajstić information content (AvgIpc) is 2.58. The molecule has 3 rings (SSSR count). The minimum absolute atomic E-state index is 0.427. The number of hydrogen-bond donors (Lipinski definition) is 0. The molecule has 1 unspecified atom stereocenters. The Morgan fingerprint density at radius 3 is 1.96 bits per heavy atom. The molecule has 1 atom stereocenters. The van der Waals surface area contributed by atoms with Gasteiger partial charge >= 0.3 is 0 Å². The molecule has 0 heterocycles. The highest BCUT2D eigenvalue weighted by atomic mass is 32.2. The SMILES string of the molecule is Cc1ccc([S+](c2ccccc2)c2ccccc2[N-]S(C)(=O)=O)cc1. The van der Waals surface area contributed by atoms with Gasteiger partial charge in [-0.3, -0.25) is 0 Å². The van der Waals surface area contributed by atoms with Crippen LogP contribution in [0.5, 0.6) is 0 Å². The van der Waals surface area contributed by atoms with Crippen LogP contribution in [0, 0.1) is 6.92 Å². The molecule has 3 aromatic rings. The number of sulfonamides is 1. The van der Waals surface area contributed by atoms with Gasteiger partial charge in [-0.1, -0.05) is 59.8 Å². The van der Waals surface area contributed by atoms with Crippen LogP contribution in [-0.2, 0) is 20.9 Å². The van der Waals surface area contributed by atoms with E-state index < -0.39 is 20.9 Å². The van der Waals surface area contributed by atoms with Crippen LogP contribution in [0.15, 0.2) is 93.5 Å². The Bertz CT molecular complexity index is 953. The first-order valence-corrected chi connectivity index (χ1v) is 10.9. The van der Waals surface area contributed by atoms with E-state index in [2.05, 4.69) is 48.0 Å². The fraction of sp³-hybridized carbons (Fsp3) is 0.100. The highest BCUT2D eigenvalue weighted by Crippen LogP contribution is 2.39. The smallest absolute Gasteiger partial charge is 0.166 e. The first-order chi connectivity index (χ1) is 11.9. The summed E-state index contributed by atoms with van der Waals surface area (Å²) in [5.41, 5.74) is 1.69. The third-order valence-corrected chi connectivity index (χ3v) is 6.39. The molecule has 0 bridgehead atoms. The van der Waals surface area contributed by atoms with Crippen LogP contribution in [0.25, 0.3) is 4.72 Å². The van der Waals surface area contributed by atoms with Crippen molar-refractivity contribution < 1.29 is 8.42 Å². The summed E-state index contributed by atoms with van der Waals surface area (Å²) in [6, 6.07) is 25.9. The lowest BCUT2D eigenvalue weighted by molar-refractivity contribution is 0.608. The summed E-state index contributed by atoms with van der Waals surface area (Å²) in [7, 11) is -3.90. The van der Waals surface area contributed by atoms with Crippen molar-refractivity contribution in [3.8, 4) is 0 Å². The van der Waals surface area contributed by atoms with E-state index in [1.165, 1.54) is 5.56 Å². The first kappa shape index (κ1) is 17.6. The molecule has 25 heavy (non-hydrogen) atoms. The summed E-state index contributed by atoms with van der Waals surface area (Å²) in [6.07, 6.45) is 1.12. The van der Waals surface area contributed by atoms with Gasteiger partial charge in [0.15, 0.2) is 14.7 Å². The largest absolute Gasteiger partial charge is 0.573 e. The minimum Gasteiger partial charge on any atom is -0.573 e. The molecule has 3 aromatic carbocycles. The van der Waals surface area contributed by atoms with Crippen molar-refractivity contribution in [2.24, 2.45) is 0 Å². The van der Waals surface area contributed by atoms with Gasteiger partial charge in [0, 0.05) is 6.26 Å². The Morgan fingerprint density at radius 2 is 1.32 bits per heavy atom. The second-order valence-electron chi connectivity index (χ2n) is 5.72.